The van der Waals surface area contributed by atoms with Crippen molar-refractivity contribution in [2.24, 2.45) is 5.92 Å². The van der Waals surface area contributed by atoms with Crippen LogP contribution < -0.4 is 5.32 Å². The summed E-state index contributed by atoms with van der Waals surface area (Å²) in [6.07, 6.45) is 5.75. The van der Waals surface area contributed by atoms with E-state index in [4.69, 9.17) is 16.3 Å². The van der Waals surface area contributed by atoms with Crippen LogP contribution in [-0.2, 0) is 4.74 Å². The second-order valence-electron chi connectivity index (χ2n) is 5.57. The van der Waals surface area contributed by atoms with Gasteiger partial charge in [-0.25, -0.2) is 0 Å². The number of rotatable bonds is 4. The van der Waals surface area contributed by atoms with Crippen LogP contribution in [0.3, 0.4) is 0 Å². The van der Waals surface area contributed by atoms with Gasteiger partial charge in [0, 0.05) is 10.9 Å². The molecule has 0 saturated carbocycles. The Balaban J connectivity index is 2.11. The monoisotopic (exact) mass is 321 g/mol. The van der Waals surface area contributed by atoms with Crippen molar-refractivity contribution in [1.29, 1.82) is 0 Å². The van der Waals surface area contributed by atoms with E-state index in [0.717, 1.165) is 5.76 Å². The lowest BCUT2D eigenvalue weighted by Crippen LogP contribution is -2.40. The topological polar surface area (TPSA) is 58.6 Å². The zero-order valence-corrected chi connectivity index (χ0v) is 13.6. The number of amides is 1. The number of phenols is 1. The quantitative estimate of drug-likeness (QED) is 0.889. The van der Waals surface area contributed by atoms with Crippen molar-refractivity contribution >= 4 is 17.5 Å². The number of benzene rings is 1. The Morgan fingerprint density at radius 1 is 1.41 bits per heavy atom. The molecule has 1 aromatic rings. The molecular formula is C17H20ClNO3. The minimum absolute atomic E-state index is 0.0117. The molecule has 0 fully saturated rings. The van der Waals surface area contributed by atoms with Gasteiger partial charge in [0.2, 0.25) is 0 Å². The molecule has 1 amide bonds. The molecule has 118 valence electrons. The van der Waals surface area contributed by atoms with Crippen molar-refractivity contribution < 1.29 is 14.6 Å². The molecule has 0 heterocycles. The number of hydrogen-bond acceptors (Lipinski definition) is 3. The predicted molar refractivity (Wildman–Crippen MR) is 87.0 cm³/mol. The Morgan fingerprint density at radius 3 is 2.82 bits per heavy atom. The Hall–Kier alpha value is -1.94. The molecule has 0 bridgehead atoms. The average molecular weight is 322 g/mol. The van der Waals surface area contributed by atoms with Gasteiger partial charge in [-0.05, 0) is 38.1 Å². The number of hydrogen-bond donors (Lipinski definition) is 2. The summed E-state index contributed by atoms with van der Waals surface area (Å²) in [7, 11) is 0. The third-order valence-corrected chi connectivity index (χ3v) is 3.67. The van der Waals surface area contributed by atoms with Crippen LogP contribution in [0.4, 0.5) is 0 Å². The molecule has 0 aliphatic heterocycles. The van der Waals surface area contributed by atoms with Crippen LogP contribution in [0, 0.1) is 5.92 Å². The molecular weight excluding hydrogens is 302 g/mol. The number of carbonyl (C=O) groups excluding carboxylic acids is 1. The van der Waals surface area contributed by atoms with E-state index in [-0.39, 0.29) is 35.3 Å². The molecule has 4 nitrogen and oxygen atoms in total. The van der Waals surface area contributed by atoms with Gasteiger partial charge in [-0.1, -0.05) is 30.7 Å². The lowest BCUT2D eigenvalue weighted by atomic mass is 9.94. The largest absolute Gasteiger partial charge is 0.507 e. The molecule has 2 rings (SSSR count). The van der Waals surface area contributed by atoms with Crippen LogP contribution in [0.5, 0.6) is 5.75 Å². The van der Waals surface area contributed by atoms with Crippen molar-refractivity contribution in [3.63, 3.8) is 0 Å². The Labute approximate surface area is 135 Å². The SMILES string of the molecule is CC(C)OC1=CC=CC(NC(=O)c2cc(Cl)ccc2O)C1C. The van der Waals surface area contributed by atoms with Crippen molar-refractivity contribution in [2.45, 2.75) is 32.9 Å². The Morgan fingerprint density at radius 2 is 2.14 bits per heavy atom. The highest BCUT2D eigenvalue weighted by molar-refractivity contribution is 6.31. The van der Waals surface area contributed by atoms with E-state index in [0.29, 0.717) is 5.02 Å². The van der Waals surface area contributed by atoms with Crippen molar-refractivity contribution in [2.75, 3.05) is 0 Å². The normalized spacial score (nSPS) is 20.7. The number of aromatic hydroxyl groups is 1. The molecule has 1 aliphatic rings. The highest BCUT2D eigenvalue weighted by atomic mass is 35.5. The van der Waals surface area contributed by atoms with Gasteiger partial charge in [0.15, 0.2) is 0 Å². The summed E-state index contributed by atoms with van der Waals surface area (Å²) in [6.45, 7) is 5.91. The second-order valence-corrected chi connectivity index (χ2v) is 6.01. The Bertz CT molecular complexity index is 622. The fourth-order valence-corrected chi connectivity index (χ4v) is 2.45. The number of allylic oxidation sites excluding steroid dienone is 2. The van der Waals surface area contributed by atoms with Gasteiger partial charge in [0.25, 0.3) is 5.91 Å². The smallest absolute Gasteiger partial charge is 0.255 e. The van der Waals surface area contributed by atoms with E-state index in [2.05, 4.69) is 5.32 Å². The van der Waals surface area contributed by atoms with E-state index in [1.165, 1.54) is 18.2 Å². The van der Waals surface area contributed by atoms with Crippen LogP contribution in [0.1, 0.15) is 31.1 Å². The van der Waals surface area contributed by atoms with Crippen LogP contribution in [0.15, 0.2) is 42.2 Å². The third-order valence-electron chi connectivity index (χ3n) is 3.44. The average Bonchev–Trinajstić information content (AvgIpc) is 2.45. The number of phenolic OH excluding ortho intramolecular Hbond substituents is 1. The van der Waals surface area contributed by atoms with Gasteiger partial charge in [-0.3, -0.25) is 4.79 Å². The predicted octanol–water partition coefficient (Wildman–Crippen LogP) is 3.66. The maximum Gasteiger partial charge on any atom is 0.255 e. The standard InChI is InChI=1S/C17H20ClNO3/c1-10(2)22-16-6-4-5-14(11(16)3)19-17(21)13-9-12(18)7-8-15(13)20/h4-11,14,20H,1-3H3,(H,19,21). The molecule has 0 spiro atoms. The van der Waals surface area contributed by atoms with Crippen LogP contribution in [0.25, 0.3) is 0 Å². The van der Waals surface area contributed by atoms with Gasteiger partial charge >= 0.3 is 0 Å². The summed E-state index contributed by atoms with van der Waals surface area (Å²) < 4.78 is 5.75. The maximum atomic E-state index is 12.3. The molecule has 5 heteroatoms. The molecule has 0 radical (unpaired) electrons. The zero-order valence-electron chi connectivity index (χ0n) is 12.8. The summed E-state index contributed by atoms with van der Waals surface area (Å²) in [5, 5.41) is 13.1. The number of halogens is 1. The minimum atomic E-state index is -0.368. The molecule has 0 saturated heterocycles. The number of carbonyl (C=O) groups is 1. The number of ether oxygens (including phenoxy) is 1. The van der Waals surface area contributed by atoms with Crippen molar-refractivity contribution in [3.8, 4) is 5.75 Å². The fraction of sp³-hybridized carbons (Fsp3) is 0.353. The molecule has 22 heavy (non-hydrogen) atoms. The first-order valence-corrected chi connectivity index (χ1v) is 7.60. The molecule has 1 aromatic carbocycles. The minimum Gasteiger partial charge on any atom is -0.507 e. The number of nitrogens with one attached hydrogen (secondary N) is 1. The van der Waals surface area contributed by atoms with Crippen LogP contribution in [0.2, 0.25) is 5.02 Å². The summed E-state index contributed by atoms with van der Waals surface area (Å²) in [5.41, 5.74) is 0.161. The molecule has 1 aliphatic carbocycles. The lowest BCUT2D eigenvalue weighted by Gasteiger charge is -2.28. The van der Waals surface area contributed by atoms with Gasteiger partial charge in [0.1, 0.15) is 11.5 Å². The maximum absolute atomic E-state index is 12.3. The summed E-state index contributed by atoms with van der Waals surface area (Å²) in [6, 6.07) is 4.19. The van der Waals surface area contributed by atoms with E-state index >= 15 is 0 Å². The summed E-state index contributed by atoms with van der Waals surface area (Å²) in [5.74, 6) is 0.381. The molecule has 2 N–H and O–H groups in total. The van der Waals surface area contributed by atoms with Gasteiger partial charge in [-0.15, -0.1) is 0 Å². The first kappa shape index (κ1) is 16.4. The van der Waals surface area contributed by atoms with Gasteiger partial charge in [0.05, 0.1) is 17.7 Å². The Kier molecular flexibility index (Phi) is 5.14. The van der Waals surface area contributed by atoms with Crippen LogP contribution >= 0.6 is 11.6 Å². The third kappa shape index (κ3) is 3.83. The molecule has 2 atom stereocenters. The summed E-state index contributed by atoms with van der Waals surface area (Å²) in [4.78, 5) is 12.3. The van der Waals surface area contributed by atoms with Crippen molar-refractivity contribution in [1.82, 2.24) is 5.32 Å². The second kappa shape index (κ2) is 6.88. The fourth-order valence-electron chi connectivity index (χ4n) is 2.28. The van der Waals surface area contributed by atoms with E-state index in [1.54, 1.807) is 0 Å². The van der Waals surface area contributed by atoms with E-state index in [1.807, 2.05) is 39.0 Å². The molecule has 2 unspecified atom stereocenters. The zero-order chi connectivity index (χ0) is 16.3. The van der Waals surface area contributed by atoms with Crippen LogP contribution in [-0.4, -0.2) is 23.2 Å². The van der Waals surface area contributed by atoms with E-state index < -0.39 is 0 Å². The van der Waals surface area contributed by atoms with Gasteiger partial charge in [-0.2, -0.15) is 0 Å². The first-order valence-electron chi connectivity index (χ1n) is 7.23. The molecule has 0 aromatic heterocycles. The van der Waals surface area contributed by atoms with E-state index in [9.17, 15) is 9.90 Å². The highest BCUT2D eigenvalue weighted by Gasteiger charge is 2.25. The van der Waals surface area contributed by atoms with Crippen molar-refractivity contribution in [3.05, 3.63) is 52.8 Å². The lowest BCUT2D eigenvalue weighted by molar-refractivity contribution is 0.0903. The van der Waals surface area contributed by atoms with Gasteiger partial charge < -0.3 is 15.2 Å². The highest BCUT2D eigenvalue weighted by Crippen LogP contribution is 2.25. The summed E-state index contributed by atoms with van der Waals surface area (Å²) >= 11 is 5.88. The first-order chi connectivity index (χ1) is 10.4.